The first-order chi connectivity index (χ1) is 17.9. The molecule has 0 saturated heterocycles. The Morgan fingerprint density at radius 1 is 1.19 bits per heavy atom. The molecule has 1 aliphatic heterocycles. The average Bonchev–Trinajstić information content (AvgIpc) is 3.30. The number of nitrogens with one attached hydrogen (secondary N) is 2. The van der Waals surface area contributed by atoms with Crippen molar-refractivity contribution >= 4 is 46.6 Å². The summed E-state index contributed by atoms with van der Waals surface area (Å²) in [5.41, 5.74) is 3.46. The van der Waals surface area contributed by atoms with Crippen molar-refractivity contribution in [2.24, 2.45) is 0 Å². The second-order valence-electron chi connectivity index (χ2n) is 8.19. The second kappa shape index (κ2) is 10.4. The predicted molar refractivity (Wildman–Crippen MR) is 141 cm³/mol. The van der Waals surface area contributed by atoms with E-state index in [0.29, 0.717) is 38.8 Å². The zero-order chi connectivity index (χ0) is 25.9. The molecule has 0 bridgehead atoms. The van der Waals surface area contributed by atoms with E-state index < -0.39 is 11.0 Å². The highest BCUT2D eigenvalue weighted by Crippen LogP contribution is 2.37. The molecule has 1 aliphatic rings. The van der Waals surface area contributed by atoms with Crippen LogP contribution in [0, 0.1) is 10.1 Å². The maximum Gasteiger partial charge on any atom is 0.269 e. The molecule has 0 saturated carbocycles. The third-order valence-electron chi connectivity index (χ3n) is 5.70. The first-order valence-electron chi connectivity index (χ1n) is 11.2. The summed E-state index contributed by atoms with van der Waals surface area (Å²) in [6.07, 6.45) is 3.21. The lowest BCUT2D eigenvalue weighted by atomic mass is 9.95. The standard InChI is InChI=1S/C25H20ClN7O3S/c1-15-21(23(34)29-19-3-2-12-27-13-19)22(17-6-8-18(26)9-7-17)32-24(28-15)30-25(31-32)37-14-16-4-10-20(11-5-16)33(35)36/h2-13,22H,14H2,1H3,(H,29,34)(H,28,30,31). The third kappa shape index (κ3) is 5.32. The lowest BCUT2D eigenvalue weighted by molar-refractivity contribution is -0.384. The van der Waals surface area contributed by atoms with E-state index in [1.807, 2.05) is 19.1 Å². The van der Waals surface area contributed by atoms with E-state index in [1.54, 1.807) is 53.5 Å². The lowest BCUT2D eigenvalue weighted by Gasteiger charge is -2.28. The molecule has 1 unspecified atom stereocenters. The Labute approximate surface area is 220 Å². The first-order valence-corrected chi connectivity index (χ1v) is 12.5. The van der Waals surface area contributed by atoms with Crippen LogP contribution in [-0.2, 0) is 10.5 Å². The van der Waals surface area contributed by atoms with Crippen LogP contribution in [0.15, 0.2) is 89.5 Å². The third-order valence-corrected chi connectivity index (χ3v) is 6.86. The summed E-state index contributed by atoms with van der Waals surface area (Å²) in [5.74, 6) is 0.731. The fraction of sp³-hybridized carbons (Fsp3) is 0.120. The molecule has 12 heteroatoms. The number of fused-ring (bicyclic) bond motifs is 1. The number of benzene rings is 2. The Balaban J connectivity index is 1.45. The first kappa shape index (κ1) is 24.5. The van der Waals surface area contributed by atoms with E-state index in [9.17, 15) is 14.9 Å². The number of nitrogens with zero attached hydrogens (tertiary/aromatic N) is 5. The van der Waals surface area contributed by atoms with E-state index >= 15 is 0 Å². The maximum atomic E-state index is 13.5. The number of carbonyl (C=O) groups excluding carboxylic acids is 1. The van der Waals surface area contributed by atoms with Crippen LogP contribution in [0.25, 0.3) is 0 Å². The van der Waals surface area contributed by atoms with Crippen molar-refractivity contribution < 1.29 is 9.72 Å². The highest BCUT2D eigenvalue weighted by atomic mass is 35.5. The number of nitro groups is 1. The minimum absolute atomic E-state index is 0.0398. The number of pyridine rings is 1. The fourth-order valence-corrected chi connectivity index (χ4v) is 4.85. The number of hydrogen-bond donors (Lipinski definition) is 2. The molecular formula is C25H20ClN7O3S. The van der Waals surface area contributed by atoms with Gasteiger partial charge in [0.1, 0.15) is 6.04 Å². The minimum Gasteiger partial charge on any atom is -0.328 e. The number of allylic oxidation sites excluding steroid dienone is 1. The Bertz CT molecular complexity index is 1490. The molecule has 0 aliphatic carbocycles. The average molecular weight is 534 g/mol. The van der Waals surface area contributed by atoms with Gasteiger partial charge < -0.3 is 10.6 Å². The van der Waals surface area contributed by atoms with E-state index in [-0.39, 0.29) is 11.6 Å². The van der Waals surface area contributed by atoms with Crippen LogP contribution in [0.3, 0.4) is 0 Å². The van der Waals surface area contributed by atoms with Gasteiger partial charge in [-0.15, -0.1) is 5.10 Å². The van der Waals surface area contributed by atoms with Crippen LogP contribution in [-0.4, -0.2) is 30.6 Å². The number of thioether (sulfide) groups is 1. The molecular weight excluding hydrogens is 514 g/mol. The molecule has 4 aromatic rings. The van der Waals surface area contributed by atoms with E-state index in [2.05, 4.69) is 20.6 Å². The van der Waals surface area contributed by atoms with Crippen molar-refractivity contribution in [2.75, 3.05) is 10.6 Å². The molecule has 0 fully saturated rings. The molecule has 1 amide bonds. The number of non-ortho nitro benzene ring substituents is 1. The summed E-state index contributed by atoms with van der Waals surface area (Å²) >= 11 is 7.52. The minimum atomic E-state index is -0.550. The van der Waals surface area contributed by atoms with Crippen molar-refractivity contribution in [3.05, 3.63) is 111 Å². The molecule has 1 atom stereocenters. The van der Waals surface area contributed by atoms with Crippen molar-refractivity contribution in [2.45, 2.75) is 23.9 Å². The summed E-state index contributed by atoms with van der Waals surface area (Å²) in [6, 6.07) is 16.6. The molecule has 37 heavy (non-hydrogen) atoms. The Morgan fingerprint density at radius 2 is 1.95 bits per heavy atom. The van der Waals surface area contributed by atoms with Gasteiger partial charge >= 0.3 is 0 Å². The normalized spacial score (nSPS) is 14.6. The Kier molecular flexibility index (Phi) is 6.89. The van der Waals surface area contributed by atoms with Gasteiger partial charge in [-0.25, -0.2) is 4.68 Å². The van der Waals surface area contributed by atoms with Gasteiger partial charge in [0, 0.05) is 34.8 Å². The number of halogens is 1. The summed E-state index contributed by atoms with van der Waals surface area (Å²) in [5, 5.41) is 22.8. The molecule has 10 nitrogen and oxygen atoms in total. The van der Waals surface area contributed by atoms with E-state index in [4.69, 9.17) is 16.7 Å². The van der Waals surface area contributed by atoms with Gasteiger partial charge in [0.2, 0.25) is 11.1 Å². The zero-order valence-corrected chi connectivity index (χ0v) is 21.0. The molecule has 2 N–H and O–H groups in total. The van der Waals surface area contributed by atoms with Crippen LogP contribution in [0.5, 0.6) is 0 Å². The van der Waals surface area contributed by atoms with Gasteiger partial charge in [0.05, 0.1) is 22.4 Å². The van der Waals surface area contributed by atoms with Gasteiger partial charge in [-0.05, 0) is 42.3 Å². The molecule has 0 radical (unpaired) electrons. The van der Waals surface area contributed by atoms with Gasteiger partial charge in [-0.3, -0.25) is 19.9 Å². The van der Waals surface area contributed by atoms with Gasteiger partial charge in [-0.2, -0.15) is 4.98 Å². The highest BCUT2D eigenvalue weighted by Gasteiger charge is 2.34. The summed E-state index contributed by atoms with van der Waals surface area (Å²) < 4.78 is 1.69. The van der Waals surface area contributed by atoms with Crippen LogP contribution in [0.4, 0.5) is 17.3 Å². The van der Waals surface area contributed by atoms with Crippen molar-refractivity contribution in [3.8, 4) is 0 Å². The molecule has 3 heterocycles. The van der Waals surface area contributed by atoms with Gasteiger partial charge in [-0.1, -0.05) is 47.6 Å². The fourth-order valence-electron chi connectivity index (χ4n) is 3.94. The largest absolute Gasteiger partial charge is 0.328 e. The highest BCUT2D eigenvalue weighted by molar-refractivity contribution is 7.98. The van der Waals surface area contributed by atoms with Crippen molar-refractivity contribution in [3.63, 3.8) is 0 Å². The Morgan fingerprint density at radius 3 is 2.62 bits per heavy atom. The quantitative estimate of drug-likeness (QED) is 0.182. The summed E-state index contributed by atoms with van der Waals surface area (Å²) in [4.78, 5) is 32.6. The topological polar surface area (TPSA) is 128 Å². The van der Waals surface area contributed by atoms with E-state index in [0.717, 1.165) is 11.1 Å². The molecule has 186 valence electrons. The maximum absolute atomic E-state index is 13.5. The smallest absolute Gasteiger partial charge is 0.269 e. The molecule has 2 aromatic heterocycles. The number of rotatable bonds is 7. The van der Waals surface area contributed by atoms with Crippen LogP contribution in [0.1, 0.15) is 24.1 Å². The monoisotopic (exact) mass is 533 g/mol. The number of carbonyl (C=O) groups is 1. The lowest BCUT2D eigenvalue weighted by Crippen LogP contribution is -2.31. The summed E-state index contributed by atoms with van der Waals surface area (Å²) in [7, 11) is 0. The number of nitro benzene ring substituents is 1. The van der Waals surface area contributed by atoms with Crippen molar-refractivity contribution in [1.29, 1.82) is 0 Å². The van der Waals surface area contributed by atoms with Crippen LogP contribution >= 0.6 is 23.4 Å². The second-order valence-corrected chi connectivity index (χ2v) is 9.57. The van der Waals surface area contributed by atoms with Crippen LogP contribution < -0.4 is 10.6 Å². The summed E-state index contributed by atoms with van der Waals surface area (Å²) in [6.45, 7) is 1.82. The van der Waals surface area contributed by atoms with Gasteiger partial charge in [0.25, 0.3) is 11.6 Å². The number of amides is 1. The predicted octanol–water partition coefficient (Wildman–Crippen LogP) is 5.45. The zero-order valence-electron chi connectivity index (χ0n) is 19.5. The number of anilines is 2. The van der Waals surface area contributed by atoms with Gasteiger partial charge in [0.15, 0.2) is 0 Å². The Hall–Kier alpha value is -4.22. The van der Waals surface area contributed by atoms with Crippen molar-refractivity contribution in [1.82, 2.24) is 19.7 Å². The molecule has 0 spiro atoms. The van der Waals surface area contributed by atoms with E-state index in [1.165, 1.54) is 23.9 Å². The molecule has 5 rings (SSSR count). The van der Waals surface area contributed by atoms with Crippen LogP contribution in [0.2, 0.25) is 5.02 Å². The number of hydrogen-bond acceptors (Lipinski definition) is 8. The SMILES string of the molecule is CC1=C(C(=O)Nc2cccnc2)C(c2ccc(Cl)cc2)n2nc(SCc3ccc([N+](=O)[O-])cc3)nc2N1. The molecule has 2 aromatic carbocycles. The number of aromatic nitrogens is 4.